The molecule has 0 saturated carbocycles. The van der Waals surface area contributed by atoms with Crippen LogP contribution < -0.4 is 4.72 Å². The van der Waals surface area contributed by atoms with Crippen LogP contribution in [0.15, 0.2) is 35.9 Å². The van der Waals surface area contributed by atoms with E-state index in [0.717, 1.165) is 3.57 Å². The maximum Gasteiger partial charge on any atom is 0.280 e. The quantitative estimate of drug-likeness (QED) is 0.815. The Morgan fingerprint density at radius 2 is 2.12 bits per heavy atom. The van der Waals surface area contributed by atoms with Gasteiger partial charge < -0.3 is 4.98 Å². The highest BCUT2D eigenvalue weighted by Crippen LogP contribution is 2.12. The van der Waals surface area contributed by atoms with E-state index in [-0.39, 0.29) is 10.8 Å². The summed E-state index contributed by atoms with van der Waals surface area (Å²) in [5, 5.41) is 0.00727. The monoisotopic (exact) mass is 350 g/mol. The van der Waals surface area contributed by atoms with Crippen LogP contribution in [-0.4, -0.2) is 23.4 Å². The van der Waals surface area contributed by atoms with Crippen molar-refractivity contribution < 1.29 is 8.42 Å². The maximum absolute atomic E-state index is 11.7. The molecule has 84 valence electrons. The Morgan fingerprint density at radius 3 is 2.69 bits per heavy atom. The van der Waals surface area contributed by atoms with Crippen molar-refractivity contribution in [3.8, 4) is 0 Å². The van der Waals surface area contributed by atoms with Crippen LogP contribution in [0.1, 0.15) is 0 Å². The average molecular weight is 350 g/mol. The van der Waals surface area contributed by atoms with Crippen LogP contribution in [-0.2, 0) is 10.0 Å². The van der Waals surface area contributed by atoms with E-state index in [1.807, 2.05) is 0 Å². The van der Waals surface area contributed by atoms with Crippen molar-refractivity contribution in [3.05, 3.63) is 34.4 Å². The third-order valence-corrected chi connectivity index (χ3v) is 3.65. The van der Waals surface area contributed by atoms with Crippen molar-refractivity contribution in [2.75, 3.05) is 4.72 Å². The molecule has 0 saturated heterocycles. The van der Waals surface area contributed by atoms with Gasteiger partial charge in [0.2, 0.25) is 0 Å². The van der Waals surface area contributed by atoms with Crippen molar-refractivity contribution in [1.82, 2.24) is 15.0 Å². The lowest BCUT2D eigenvalue weighted by atomic mass is 10.5. The number of aromatic amines is 1. The predicted octanol–water partition coefficient (Wildman–Crippen LogP) is 1.21. The number of hydrogen-bond donors (Lipinski definition) is 2. The second-order valence-electron chi connectivity index (χ2n) is 2.88. The van der Waals surface area contributed by atoms with Crippen LogP contribution in [0.5, 0.6) is 0 Å². The zero-order valence-electron chi connectivity index (χ0n) is 7.88. The SMILES string of the molecule is O=S(=O)(Nc1ccc(I)cn1)c1cnc[nH]1. The Hall–Kier alpha value is -1.16. The molecule has 2 rings (SSSR count). The van der Waals surface area contributed by atoms with Gasteiger partial charge in [-0.2, -0.15) is 8.42 Å². The standard InChI is InChI=1S/C8H7IN4O2S/c9-6-1-2-7(11-3-6)13-16(14,15)8-4-10-5-12-8/h1-5H,(H,10,12)(H,11,13). The second kappa shape index (κ2) is 4.37. The van der Waals surface area contributed by atoms with Gasteiger partial charge in [0.05, 0.1) is 12.5 Å². The molecule has 0 spiro atoms. The minimum Gasteiger partial charge on any atom is -0.334 e. The first kappa shape index (κ1) is 11.3. The van der Waals surface area contributed by atoms with E-state index in [1.165, 1.54) is 12.5 Å². The van der Waals surface area contributed by atoms with E-state index in [1.54, 1.807) is 18.3 Å². The molecule has 0 amide bonds. The van der Waals surface area contributed by atoms with Crippen LogP contribution >= 0.6 is 22.6 Å². The van der Waals surface area contributed by atoms with Gasteiger partial charge in [0, 0.05) is 9.77 Å². The molecular formula is C8H7IN4O2S. The summed E-state index contributed by atoms with van der Waals surface area (Å²) in [5.41, 5.74) is 0. The fourth-order valence-electron chi connectivity index (χ4n) is 1.02. The van der Waals surface area contributed by atoms with Gasteiger partial charge in [-0.25, -0.2) is 9.97 Å². The lowest BCUT2D eigenvalue weighted by Crippen LogP contribution is -2.14. The summed E-state index contributed by atoms with van der Waals surface area (Å²) in [6, 6.07) is 3.36. The zero-order chi connectivity index (χ0) is 11.6. The zero-order valence-corrected chi connectivity index (χ0v) is 10.9. The highest BCUT2D eigenvalue weighted by molar-refractivity contribution is 14.1. The lowest BCUT2D eigenvalue weighted by Gasteiger charge is -2.04. The molecule has 2 aromatic heterocycles. The predicted molar refractivity (Wildman–Crippen MR) is 66.4 cm³/mol. The minimum atomic E-state index is -3.62. The number of hydrogen-bond acceptors (Lipinski definition) is 4. The summed E-state index contributed by atoms with van der Waals surface area (Å²) in [6.45, 7) is 0. The maximum atomic E-state index is 11.7. The van der Waals surface area contributed by atoms with Gasteiger partial charge in [0.1, 0.15) is 5.82 Å². The molecule has 0 bridgehead atoms. The van der Waals surface area contributed by atoms with E-state index >= 15 is 0 Å². The van der Waals surface area contributed by atoms with E-state index in [0.29, 0.717) is 0 Å². The van der Waals surface area contributed by atoms with Gasteiger partial charge >= 0.3 is 0 Å². The molecule has 0 aromatic carbocycles. The highest BCUT2D eigenvalue weighted by atomic mass is 127. The number of anilines is 1. The number of rotatable bonds is 3. The second-order valence-corrected chi connectivity index (χ2v) is 5.78. The number of nitrogens with one attached hydrogen (secondary N) is 2. The van der Waals surface area contributed by atoms with Gasteiger partial charge in [-0.05, 0) is 34.7 Å². The molecule has 6 nitrogen and oxygen atoms in total. The van der Waals surface area contributed by atoms with E-state index in [9.17, 15) is 8.42 Å². The molecule has 0 fully saturated rings. The van der Waals surface area contributed by atoms with E-state index < -0.39 is 10.0 Å². The van der Waals surface area contributed by atoms with Crippen molar-refractivity contribution in [3.63, 3.8) is 0 Å². The summed E-state index contributed by atoms with van der Waals surface area (Å²) >= 11 is 2.09. The van der Waals surface area contributed by atoms with E-state index in [2.05, 4.69) is 42.3 Å². The third kappa shape index (κ3) is 2.50. The minimum absolute atomic E-state index is 0.00727. The molecule has 0 atom stereocenters. The Balaban J connectivity index is 2.25. The van der Waals surface area contributed by atoms with Crippen LogP contribution in [0.2, 0.25) is 0 Å². The molecule has 2 N–H and O–H groups in total. The number of nitrogens with zero attached hydrogens (tertiary/aromatic N) is 2. The summed E-state index contributed by atoms with van der Waals surface area (Å²) in [7, 11) is -3.62. The summed E-state index contributed by atoms with van der Waals surface area (Å²) in [6.07, 6.45) is 4.11. The molecule has 0 unspecified atom stereocenters. The number of sulfonamides is 1. The molecule has 0 aliphatic rings. The molecule has 2 heterocycles. The smallest absolute Gasteiger partial charge is 0.280 e. The molecule has 0 radical (unpaired) electrons. The Kier molecular flexibility index (Phi) is 3.10. The van der Waals surface area contributed by atoms with Gasteiger partial charge in [0.25, 0.3) is 10.0 Å². The molecule has 2 aromatic rings. The molecule has 8 heteroatoms. The molecular weight excluding hydrogens is 343 g/mol. The Labute approximate surface area is 106 Å². The summed E-state index contributed by atoms with van der Waals surface area (Å²) in [5.74, 6) is 0.273. The van der Waals surface area contributed by atoms with Crippen molar-refractivity contribution in [2.24, 2.45) is 0 Å². The average Bonchev–Trinajstić information content (AvgIpc) is 2.75. The van der Waals surface area contributed by atoms with Gasteiger partial charge in [-0.3, -0.25) is 4.72 Å². The number of pyridine rings is 1. The fourth-order valence-corrected chi connectivity index (χ4v) is 2.25. The molecule has 0 aliphatic carbocycles. The topological polar surface area (TPSA) is 87.7 Å². The van der Waals surface area contributed by atoms with E-state index in [4.69, 9.17) is 0 Å². The summed E-state index contributed by atoms with van der Waals surface area (Å²) < 4.78 is 26.7. The van der Waals surface area contributed by atoms with Gasteiger partial charge in [0.15, 0.2) is 5.03 Å². The molecule has 0 aliphatic heterocycles. The summed E-state index contributed by atoms with van der Waals surface area (Å²) in [4.78, 5) is 10.1. The first-order valence-electron chi connectivity index (χ1n) is 4.21. The largest absolute Gasteiger partial charge is 0.334 e. The van der Waals surface area contributed by atoms with Crippen molar-refractivity contribution in [2.45, 2.75) is 5.03 Å². The lowest BCUT2D eigenvalue weighted by molar-refractivity contribution is 0.598. The normalized spacial score (nSPS) is 11.3. The van der Waals surface area contributed by atoms with Gasteiger partial charge in [-0.1, -0.05) is 0 Å². The fraction of sp³-hybridized carbons (Fsp3) is 0. The van der Waals surface area contributed by atoms with Crippen molar-refractivity contribution >= 4 is 38.4 Å². The number of imidazole rings is 1. The van der Waals surface area contributed by atoms with Crippen LogP contribution in [0.25, 0.3) is 0 Å². The first-order valence-corrected chi connectivity index (χ1v) is 6.77. The van der Waals surface area contributed by atoms with Crippen LogP contribution in [0.4, 0.5) is 5.82 Å². The number of halogens is 1. The highest BCUT2D eigenvalue weighted by Gasteiger charge is 2.15. The van der Waals surface area contributed by atoms with Crippen LogP contribution in [0, 0.1) is 3.57 Å². The number of aromatic nitrogens is 3. The number of H-pyrrole nitrogens is 1. The third-order valence-electron chi connectivity index (χ3n) is 1.73. The van der Waals surface area contributed by atoms with Gasteiger partial charge in [-0.15, -0.1) is 0 Å². The van der Waals surface area contributed by atoms with Crippen molar-refractivity contribution in [1.29, 1.82) is 0 Å². The first-order chi connectivity index (χ1) is 7.58. The molecule has 16 heavy (non-hydrogen) atoms. The Bertz CT molecular complexity index is 565. The Morgan fingerprint density at radius 1 is 1.31 bits per heavy atom. The van der Waals surface area contributed by atoms with Crippen LogP contribution in [0.3, 0.4) is 0 Å².